The SMILES string of the molecule is CC1C=C2C=C(C1)[C@]1(C)c3ccc([nH]3)[C@](C)(c3cccc(c3)OP(=S)(c3ccccc3)O2)c2ccc([nH]2)[C@]2(C)c3cccc(c3)OP(=S)(c3ccccc3)Oc3cccc(c3)[C@](C)(C3=CCC1N3)c1ccc2[nH]1. The number of aromatic amines is 3. The molecule has 4 unspecified atom stereocenters. The summed E-state index contributed by atoms with van der Waals surface area (Å²) in [5.74, 6) is 2.79. The molecule has 5 aliphatic rings. The van der Waals surface area contributed by atoms with E-state index in [-0.39, 0.29) is 12.0 Å². The minimum absolute atomic E-state index is 0.0859. The Morgan fingerprint density at radius 2 is 0.918 bits per heavy atom. The standard InChI is InChI=1S/C61H56N4O4P2S2/c1-39-33-43-38-47(34-39)69-71(73,49-23-10-7-11-24-49)68-46-20-14-17-42(37-46)60(4)53-28-26-51(63-53)58(2)40-15-12-18-44(35-40)66-70(72,48-21-8-6-9-22-48)67-45-19-13-16-41(36-45)59(3,52-27-25-50(58)62-52)54-29-31-56(64-54)61(43,5)57-32-30-55(60)65-57/h6-30,32,34-39,56,62-65H,31,33H2,1-5H3/t39?,56?,58-,59+,60-,61+,70?,71?/m1/s1. The molecular formula is C61H56N4O4P2S2. The summed E-state index contributed by atoms with van der Waals surface area (Å²) in [7, 11) is 0. The van der Waals surface area contributed by atoms with Gasteiger partial charge in [0.05, 0.1) is 26.9 Å². The molecule has 0 amide bonds. The van der Waals surface area contributed by atoms with Crippen molar-refractivity contribution in [3.05, 3.63) is 256 Å². The first kappa shape index (κ1) is 46.3. The van der Waals surface area contributed by atoms with Crippen LogP contribution in [0.3, 0.4) is 0 Å². The third-order valence-electron chi connectivity index (χ3n) is 16.7. The Morgan fingerprint density at radius 1 is 0.493 bits per heavy atom. The smallest absolute Gasteiger partial charge is 0.319 e. The van der Waals surface area contributed by atoms with Crippen molar-refractivity contribution in [2.45, 2.75) is 75.2 Å². The average Bonchev–Trinajstić information content (AvgIpc) is 4.27. The van der Waals surface area contributed by atoms with E-state index in [0.717, 1.165) is 85.8 Å². The van der Waals surface area contributed by atoms with Crippen LogP contribution >= 0.6 is 13.0 Å². The van der Waals surface area contributed by atoms with Crippen molar-refractivity contribution in [2.24, 2.45) is 5.92 Å². The Morgan fingerprint density at radius 3 is 1.41 bits per heavy atom. The molecule has 0 spiro atoms. The van der Waals surface area contributed by atoms with Crippen molar-refractivity contribution in [3.8, 4) is 17.2 Å². The van der Waals surface area contributed by atoms with E-state index >= 15 is 0 Å². The summed E-state index contributed by atoms with van der Waals surface area (Å²) >= 11 is 13.2. The normalized spacial score (nSPS) is 29.7. The van der Waals surface area contributed by atoms with Crippen molar-refractivity contribution in [3.63, 3.8) is 0 Å². The largest absolute Gasteiger partial charge is 0.433 e. The van der Waals surface area contributed by atoms with Gasteiger partial charge in [0.25, 0.3) is 0 Å². The number of hydrogen-bond acceptors (Lipinski definition) is 7. The Balaban J connectivity index is 1.11. The molecule has 1 aliphatic carbocycles. The van der Waals surface area contributed by atoms with Gasteiger partial charge in [-0.25, -0.2) is 0 Å². The number of H-pyrrole nitrogens is 3. The Kier molecular flexibility index (Phi) is 10.6. The molecule has 4 aliphatic heterocycles. The first-order chi connectivity index (χ1) is 35.2. The van der Waals surface area contributed by atoms with Crippen LogP contribution in [0.1, 0.15) is 98.3 Å². The van der Waals surface area contributed by atoms with Gasteiger partial charge in [0.1, 0.15) is 23.0 Å². The van der Waals surface area contributed by atoms with Crippen LogP contribution in [-0.4, -0.2) is 21.0 Å². The van der Waals surface area contributed by atoms with Crippen molar-refractivity contribution in [1.82, 2.24) is 20.3 Å². The number of fused-ring (bicyclic) bond motifs is 19. The molecule has 20 bridgehead atoms. The van der Waals surface area contributed by atoms with Crippen LogP contribution in [0, 0.1) is 5.92 Å². The molecule has 0 fully saturated rings. The van der Waals surface area contributed by atoms with Crippen LogP contribution in [0.4, 0.5) is 0 Å². The second kappa shape index (κ2) is 16.7. The summed E-state index contributed by atoms with van der Waals surface area (Å²) in [5.41, 5.74) is 8.78. The molecule has 7 heterocycles. The van der Waals surface area contributed by atoms with E-state index < -0.39 is 34.6 Å². The molecule has 0 saturated carbocycles. The molecule has 366 valence electrons. The third kappa shape index (κ3) is 7.19. The Bertz CT molecular complexity index is 3710. The summed E-state index contributed by atoms with van der Waals surface area (Å²) in [6, 6.07) is 58.8. The van der Waals surface area contributed by atoms with Gasteiger partial charge < -0.3 is 38.4 Å². The van der Waals surface area contributed by atoms with E-state index in [1.807, 2.05) is 78.9 Å². The minimum Gasteiger partial charge on any atom is -0.433 e. The van der Waals surface area contributed by atoms with Gasteiger partial charge in [0.15, 0.2) is 0 Å². The van der Waals surface area contributed by atoms with E-state index in [9.17, 15) is 0 Å². The van der Waals surface area contributed by atoms with Crippen LogP contribution in [0.25, 0.3) is 0 Å². The molecule has 12 heteroatoms. The zero-order chi connectivity index (χ0) is 50.0. The van der Waals surface area contributed by atoms with Crippen LogP contribution in [0.15, 0.2) is 205 Å². The van der Waals surface area contributed by atoms with Crippen molar-refractivity contribution < 1.29 is 18.1 Å². The van der Waals surface area contributed by atoms with Crippen LogP contribution in [0.5, 0.6) is 17.2 Å². The van der Waals surface area contributed by atoms with Crippen molar-refractivity contribution in [1.29, 1.82) is 0 Å². The summed E-state index contributed by atoms with van der Waals surface area (Å²) in [5, 5.41) is 5.94. The van der Waals surface area contributed by atoms with Crippen molar-refractivity contribution in [2.75, 3.05) is 0 Å². The second-order valence-electron chi connectivity index (χ2n) is 21.0. The molecule has 13 rings (SSSR count). The van der Waals surface area contributed by atoms with E-state index in [1.165, 1.54) is 5.57 Å². The summed E-state index contributed by atoms with van der Waals surface area (Å²) in [6.07, 6.45) is 8.45. The first-order valence-corrected chi connectivity index (χ1v) is 30.4. The number of hydrogen-bond donors (Lipinski definition) is 4. The maximum absolute atomic E-state index is 7.18. The first-order valence-electron chi connectivity index (χ1n) is 25.1. The fourth-order valence-corrected chi connectivity index (χ4v) is 17.1. The highest BCUT2D eigenvalue weighted by atomic mass is 32.5. The molecule has 5 aromatic carbocycles. The molecule has 0 radical (unpaired) electrons. The van der Waals surface area contributed by atoms with Crippen LogP contribution in [-0.2, 0) is 49.8 Å². The maximum Gasteiger partial charge on any atom is 0.319 e. The van der Waals surface area contributed by atoms with E-state index in [0.29, 0.717) is 17.2 Å². The molecule has 4 N–H and O–H groups in total. The van der Waals surface area contributed by atoms with Gasteiger partial charge in [0, 0.05) is 51.3 Å². The fraction of sp³-hybridized carbons (Fsp3) is 0.213. The number of aromatic nitrogens is 3. The number of benzene rings is 5. The molecule has 8 nitrogen and oxygen atoms in total. The number of allylic oxidation sites excluding steroid dienone is 3. The lowest BCUT2D eigenvalue weighted by molar-refractivity contribution is 0.356. The number of nitrogens with one attached hydrogen (secondary N) is 4. The van der Waals surface area contributed by atoms with Crippen molar-refractivity contribution >= 4 is 47.2 Å². The van der Waals surface area contributed by atoms with Gasteiger partial charge in [-0.05, 0) is 196 Å². The third-order valence-corrected chi connectivity index (χ3v) is 22.5. The predicted octanol–water partition coefficient (Wildman–Crippen LogP) is 13.5. The highest BCUT2D eigenvalue weighted by Gasteiger charge is 2.49. The van der Waals surface area contributed by atoms with E-state index in [2.05, 4.69) is 164 Å². The molecule has 3 aromatic heterocycles. The summed E-state index contributed by atoms with van der Waals surface area (Å²) in [6.45, 7) is 5.17. The fourth-order valence-electron chi connectivity index (χ4n) is 12.2. The topological polar surface area (TPSA) is 96.3 Å². The molecular weight excluding hydrogens is 979 g/mol. The number of rotatable bonds is 2. The summed E-state index contributed by atoms with van der Waals surface area (Å²) < 4.78 is 28.4. The molecule has 8 aromatic rings. The van der Waals surface area contributed by atoms with E-state index in [4.69, 9.17) is 41.7 Å². The Hall–Kier alpha value is -6.54. The molecule has 8 atom stereocenters. The highest BCUT2D eigenvalue weighted by Crippen LogP contribution is 2.56. The lowest BCUT2D eigenvalue weighted by Crippen LogP contribution is -2.48. The lowest BCUT2D eigenvalue weighted by Gasteiger charge is -2.42. The molecule has 73 heavy (non-hydrogen) atoms. The monoisotopic (exact) mass is 1030 g/mol. The van der Waals surface area contributed by atoms with Gasteiger partial charge in [-0.15, -0.1) is 0 Å². The van der Waals surface area contributed by atoms with Gasteiger partial charge in [0.2, 0.25) is 0 Å². The minimum atomic E-state index is -3.21. The second-order valence-corrected chi connectivity index (χ2v) is 27.7. The Labute approximate surface area is 437 Å². The average molecular weight is 1040 g/mol. The van der Waals surface area contributed by atoms with E-state index in [1.54, 1.807) is 0 Å². The predicted molar refractivity (Wildman–Crippen MR) is 300 cm³/mol. The van der Waals surface area contributed by atoms with Crippen LogP contribution in [0.2, 0.25) is 0 Å². The van der Waals surface area contributed by atoms with Gasteiger partial charge in [-0.1, -0.05) is 91.4 Å². The maximum atomic E-state index is 7.18. The molecule has 0 saturated heterocycles. The quantitative estimate of drug-likeness (QED) is 0.128. The zero-order valence-electron chi connectivity index (χ0n) is 41.3. The lowest BCUT2D eigenvalue weighted by atomic mass is 9.68. The zero-order valence-corrected chi connectivity index (χ0v) is 44.7. The van der Waals surface area contributed by atoms with Gasteiger partial charge in [-0.3, -0.25) is 0 Å². The summed E-state index contributed by atoms with van der Waals surface area (Å²) in [4.78, 5) is 12.4. The van der Waals surface area contributed by atoms with Gasteiger partial charge >= 0.3 is 13.0 Å². The highest BCUT2D eigenvalue weighted by molar-refractivity contribution is 8.14. The van der Waals surface area contributed by atoms with Crippen LogP contribution < -0.4 is 29.5 Å². The van der Waals surface area contributed by atoms with Gasteiger partial charge in [-0.2, -0.15) is 0 Å².